The summed E-state index contributed by atoms with van der Waals surface area (Å²) in [6, 6.07) is 0. The van der Waals surface area contributed by atoms with E-state index in [2.05, 4.69) is 29.5 Å². The van der Waals surface area contributed by atoms with Crippen LogP contribution < -0.4 is 0 Å². The lowest BCUT2D eigenvalue weighted by Crippen LogP contribution is -2.24. The standard InChI is InChI=1S/C7H11IO2/c1-4-2-9-7-5(8)3-10-6(4)7/h4-7H,2-3H2,1H3/t4-,5+,6+,7+/m0/s1. The van der Waals surface area contributed by atoms with Crippen molar-refractivity contribution in [2.24, 2.45) is 5.92 Å². The van der Waals surface area contributed by atoms with E-state index in [4.69, 9.17) is 9.47 Å². The lowest BCUT2D eigenvalue weighted by molar-refractivity contribution is 0.0661. The fourth-order valence-corrected chi connectivity index (χ4v) is 2.47. The molecule has 0 aromatic rings. The van der Waals surface area contributed by atoms with E-state index >= 15 is 0 Å². The fraction of sp³-hybridized carbons (Fsp3) is 1.00. The molecule has 10 heavy (non-hydrogen) atoms. The first-order valence-corrected chi connectivity index (χ1v) is 4.91. The molecule has 0 aliphatic carbocycles. The van der Waals surface area contributed by atoms with Gasteiger partial charge in [0, 0.05) is 5.92 Å². The van der Waals surface area contributed by atoms with Gasteiger partial charge < -0.3 is 9.47 Å². The Morgan fingerprint density at radius 1 is 1.20 bits per heavy atom. The molecule has 2 rings (SSSR count). The summed E-state index contributed by atoms with van der Waals surface area (Å²) >= 11 is 2.41. The van der Waals surface area contributed by atoms with E-state index in [9.17, 15) is 0 Å². The minimum absolute atomic E-state index is 0.385. The van der Waals surface area contributed by atoms with E-state index in [1.54, 1.807) is 0 Å². The van der Waals surface area contributed by atoms with E-state index in [1.165, 1.54) is 0 Å². The third kappa shape index (κ3) is 0.987. The van der Waals surface area contributed by atoms with Crippen LogP contribution in [-0.2, 0) is 9.47 Å². The molecule has 4 atom stereocenters. The minimum Gasteiger partial charge on any atom is -0.374 e. The zero-order valence-electron chi connectivity index (χ0n) is 5.92. The Hall–Kier alpha value is 0.650. The first-order chi connectivity index (χ1) is 4.79. The molecule has 2 fully saturated rings. The third-order valence-electron chi connectivity index (χ3n) is 2.24. The van der Waals surface area contributed by atoms with E-state index in [0.717, 1.165) is 13.2 Å². The number of hydrogen-bond acceptors (Lipinski definition) is 2. The Morgan fingerprint density at radius 2 is 1.90 bits per heavy atom. The maximum Gasteiger partial charge on any atom is 0.0979 e. The van der Waals surface area contributed by atoms with Crippen LogP contribution in [0, 0.1) is 5.92 Å². The van der Waals surface area contributed by atoms with Gasteiger partial charge in [0.1, 0.15) is 0 Å². The molecule has 0 aromatic heterocycles. The van der Waals surface area contributed by atoms with Crippen molar-refractivity contribution in [1.29, 1.82) is 0 Å². The maximum absolute atomic E-state index is 5.57. The van der Waals surface area contributed by atoms with Gasteiger partial charge in [-0.1, -0.05) is 29.5 Å². The molecule has 0 aromatic carbocycles. The summed E-state index contributed by atoms with van der Waals surface area (Å²) in [6.45, 7) is 3.95. The number of hydrogen-bond donors (Lipinski definition) is 0. The van der Waals surface area contributed by atoms with Crippen molar-refractivity contribution in [1.82, 2.24) is 0 Å². The molecule has 0 saturated carbocycles. The van der Waals surface area contributed by atoms with Gasteiger partial charge in [-0.3, -0.25) is 0 Å². The minimum atomic E-state index is 0.385. The summed E-state index contributed by atoms with van der Waals surface area (Å²) in [5.41, 5.74) is 0. The van der Waals surface area contributed by atoms with Crippen molar-refractivity contribution < 1.29 is 9.47 Å². The van der Waals surface area contributed by atoms with Gasteiger partial charge in [-0.25, -0.2) is 0 Å². The molecule has 2 nitrogen and oxygen atoms in total. The van der Waals surface area contributed by atoms with Crippen LogP contribution in [0.25, 0.3) is 0 Å². The van der Waals surface area contributed by atoms with Gasteiger partial charge in [-0.15, -0.1) is 0 Å². The summed E-state index contributed by atoms with van der Waals surface area (Å²) in [5.74, 6) is 0.602. The van der Waals surface area contributed by atoms with Crippen molar-refractivity contribution in [3.05, 3.63) is 0 Å². The van der Waals surface area contributed by atoms with Crippen LogP contribution in [0.15, 0.2) is 0 Å². The van der Waals surface area contributed by atoms with E-state index in [0.29, 0.717) is 22.1 Å². The maximum atomic E-state index is 5.57. The molecule has 2 aliphatic rings. The molecule has 0 unspecified atom stereocenters. The van der Waals surface area contributed by atoms with Crippen LogP contribution in [0.3, 0.4) is 0 Å². The Bertz CT molecular complexity index is 124. The molecule has 58 valence electrons. The quantitative estimate of drug-likeness (QED) is 0.478. The molecular formula is C7H11IO2. The van der Waals surface area contributed by atoms with Crippen molar-refractivity contribution in [2.45, 2.75) is 23.1 Å². The van der Waals surface area contributed by atoms with Gasteiger partial charge in [0.05, 0.1) is 29.3 Å². The largest absolute Gasteiger partial charge is 0.374 e. The zero-order chi connectivity index (χ0) is 7.14. The van der Waals surface area contributed by atoms with Crippen LogP contribution in [0.2, 0.25) is 0 Å². The Labute approximate surface area is 74.4 Å². The van der Waals surface area contributed by atoms with Crippen LogP contribution in [-0.4, -0.2) is 29.3 Å². The second kappa shape index (κ2) is 2.60. The van der Waals surface area contributed by atoms with Crippen LogP contribution >= 0.6 is 22.6 Å². The lowest BCUT2D eigenvalue weighted by Gasteiger charge is -2.10. The van der Waals surface area contributed by atoms with Gasteiger partial charge in [0.2, 0.25) is 0 Å². The Kier molecular flexibility index (Phi) is 1.90. The van der Waals surface area contributed by atoms with Gasteiger partial charge in [-0.05, 0) is 0 Å². The highest BCUT2D eigenvalue weighted by Gasteiger charge is 2.44. The first-order valence-electron chi connectivity index (χ1n) is 3.66. The van der Waals surface area contributed by atoms with Gasteiger partial charge in [0.25, 0.3) is 0 Å². The van der Waals surface area contributed by atoms with E-state index in [-0.39, 0.29) is 0 Å². The zero-order valence-corrected chi connectivity index (χ0v) is 8.08. The second-order valence-electron chi connectivity index (χ2n) is 3.09. The number of alkyl halides is 1. The van der Waals surface area contributed by atoms with Crippen molar-refractivity contribution in [3.63, 3.8) is 0 Å². The molecule has 2 saturated heterocycles. The fourth-order valence-electron chi connectivity index (χ4n) is 1.64. The predicted octanol–water partition coefficient (Wildman–Crippen LogP) is 1.22. The Balaban J connectivity index is 2.09. The summed E-state index contributed by atoms with van der Waals surface area (Å²) < 4.78 is 11.7. The highest BCUT2D eigenvalue weighted by Crippen LogP contribution is 2.34. The van der Waals surface area contributed by atoms with Gasteiger partial charge in [0.15, 0.2) is 0 Å². The lowest BCUT2D eigenvalue weighted by atomic mass is 10.1. The molecule has 2 heterocycles. The van der Waals surface area contributed by atoms with Crippen molar-refractivity contribution >= 4 is 22.6 Å². The molecular weight excluding hydrogens is 243 g/mol. The molecule has 0 spiro atoms. The third-order valence-corrected chi connectivity index (χ3v) is 3.31. The molecule has 2 aliphatic heterocycles. The first kappa shape index (κ1) is 7.31. The molecule has 0 radical (unpaired) electrons. The molecule has 0 N–H and O–H groups in total. The van der Waals surface area contributed by atoms with Gasteiger partial charge in [-0.2, -0.15) is 0 Å². The van der Waals surface area contributed by atoms with Crippen molar-refractivity contribution in [2.75, 3.05) is 13.2 Å². The molecule has 3 heteroatoms. The summed E-state index contributed by atoms with van der Waals surface area (Å²) in [5, 5.41) is 0. The number of rotatable bonds is 0. The normalized spacial score (nSPS) is 53.4. The smallest absolute Gasteiger partial charge is 0.0979 e. The van der Waals surface area contributed by atoms with E-state index < -0.39 is 0 Å². The van der Waals surface area contributed by atoms with Crippen LogP contribution in [0.5, 0.6) is 0 Å². The monoisotopic (exact) mass is 254 g/mol. The topological polar surface area (TPSA) is 18.5 Å². The predicted molar refractivity (Wildman–Crippen MR) is 46.5 cm³/mol. The number of halogens is 1. The van der Waals surface area contributed by atoms with Gasteiger partial charge >= 0.3 is 0 Å². The van der Waals surface area contributed by atoms with Crippen molar-refractivity contribution in [3.8, 4) is 0 Å². The number of fused-ring (bicyclic) bond motifs is 1. The Morgan fingerprint density at radius 3 is 2.60 bits per heavy atom. The summed E-state index contributed by atoms with van der Waals surface area (Å²) in [6.07, 6.45) is 0.775. The average molecular weight is 254 g/mol. The highest BCUT2D eigenvalue weighted by molar-refractivity contribution is 14.1. The molecule has 0 bridgehead atoms. The van der Waals surface area contributed by atoms with Crippen LogP contribution in [0.1, 0.15) is 6.92 Å². The summed E-state index contributed by atoms with van der Waals surface area (Å²) in [7, 11) is 0. The highest BCUT2D eigenvalue weighted by atomic mass is 127. The molecule has 0 amide bonds. The average Bonchev–Trinajstić information content (AvgIpc) is 2.41. The second-order valence-corrected chi connectivity index (χ2v) is 4.69. The van der Waals surface area contributed by atoms with Crippen LogP contribution in [0.4, 0.5) is 0 Å². The van der Waals surface area contributed by atoms with E-state index in [1.807, 2.05) is 0 Å². The number of ether oxygens (including phenoxy) is 2. The summed E-state index contributed by atoms with van der Waals surface area (Å²) in [4.78, 5) is 0. The SMILES string of the molecule is C[C@H]1CO[C@H]2[C@@H]1OC[C@H]2I.